The number of esters is 1. The van der Waals surface area contributed by atoms with E-state index < -0.39 is 5.97 Å². The Morgan fingerprint density at radius 2 is 2.12 bits per heavy atom. The molecule has 0 saturated heterocycles. The summed E-state index contributed by atoms with van der Waals surface area (Å²) in [5, 5.41) is 7.43. The van der Waals surface area contributed by atoms with E-state index in [9.17, 15) is 4.79 Å². The third-order valence-electron chi connectivity index (χ3n) is 3.48. The first-order chi connectivity index (χ1) is 11.5. The fourth-order valence-corrected chi connectivity index (χ4v) is 3.72. The fourth-order valence-electron chi connectivity index (χ4n) is 2.42. The number of nitrogens with zero attached hydrogens (tertiary/aromatic N) is 2. The molecule has 0 N–H and O–H groups in total. The van der Waals surface area contributed by atoms with Gasteiger partial charge >= 0.3 is 5.97 Å². The minimum Gasteiger partial charge on any atom is -0.461 e. The van der Waals surface area contributed by atoms with Crippen molar-refractivity contribution < 1.29 is 9.53 Å². The van der Waals surface area contributed by atoms with Gasteiger partial charge in [0.15, 0.2) is 5.69 Å². The van der Waals surface area contributed by atoms with E-state index in [0.717, 1.165) is 16.1 Å². The third kappa shape index (κ3) is 3.07. The van der Waals surface area contributed by atoms with Gasteiger partial charge in [0.05, 0.1) is 27.9 Å². The number of thiophene rings is 1. The summed E-state index contributed by atoms with van der Waals surface area (Å²) < 4.78 is 6.79. The smallest absolute Gasteiger partial charge is 0.359 e. The lowest BCUT2D eigenvalue weighted by molar-refractivity contribution is 0.0518. The van der Waals surface area contributed by atoms with Gasteiger partial charge in [0.1, 0.15) is 0 Å². The average Bonchev–Trinajstić information content (AvgIpc) is 3.15. The second-order valence-corrected chi connectivity index (χ2v) is 6.82. The van der Waals surface area contributed by atoms with E-state index in [-0.39, 0.29) is 5.69 Å². The van der Waals surface area contributed by atoms with Gasteiger partial charge in [-0.1, -0.05) is 29.3 Å². The van der Waals surface area contributed by atoms with Crippen LogP contribution in [0, 0.1) is 6.92 Å². The summed E-state index contributed by atoms with van der Waals surface area (Å²) in [7, 11) is 0. The van der Waals surface area contributed by atoms with Crippen LogP contribution in [0.25, 0.3) is 16.3 Å². The van der Waals surface area contributed by atoms with E-state index in [0.29, 0.717) is 22.3 Å². The molecule has 1 aromatic carbocycles. The van der Waals surface area contributed by atoms with Crippen molar-refractivity contribution in [3.63, 3.8) is 0 Å². The molecule has 0 amide bonds. The molecule has 0 bridgehead atoms. The van der Waals surface area contributed by atoms with Crippen molar-refractivity contribution in [1.82, 2.24) is 9.78 Å². The molecular weight excluding hydrogens is 367 g/mol. The van der Waals surface area contributed by atoms with Gasteiger partial charge < -0.3 is 4.74 Å². The van der Waals surface area contributed by atoms with Crippen molar-refractivity contribution in [2.45, 2.75) is 13.8 Å². The molecule has 3 aromatic rings. The van der Waals surface area contributed by atoms with Crippen LogP contribution in [0.15, 0.2) is 35.7 Å². The zero-order chi connectivity index (χ0) is 17.3. The van der Waals surface area contributed by atoms with E-state index in [4.69, 9.17) is 27.9 Å². The fraction of sp³-hybridized carbons (Fsp3) is 0.176. The summed E-state index contributed by atoms with van der Waals surface area (Å²) >= 11 is 13.9. The predicted molar refractivity (Wildman–Crippen MR) is 97.6 cm³/mol. The zero-order valence-corrected chi connectivity index (χ0v) is 15.4. The van der Waals surface area contributed by atoms with Crippen LogP contribution in [0.1, 0.15) is 23.0 Å². The molecule has 0 unspecified atom stereocenters. The van der Waals surface area contributed by atoms with Crippen molar-refractivity contribution in [1.29, 1.82) is 0 Å². The van der Waals surface area contributed by atoms with Gasteiger partial charge in [0.25, 0.3) is 0 Å². The summed E-state index contributed by atoms with van der Waals surface area (Å²) in [5.41, 5.74) is 2.51. The number of hydrogen-bond acceptors (Lipinski definition) is 4. The van der Waals surface area contributed by atoms with Crippen molar-refractivity contribution in [3.05, 3.63) is 57.0 Å². The number of carbonyl (C=O) groups is 1. The Bertz CT molecular complexity index is 888. The average molecular weight is 381 g/mol. The van der Waals surface area contributed by atoms with E-state index in [1.807, 2.05) is 24.4 Å². The number of rotatable bonds is 4. The minimum atomic E-state index is -0.448. The molecule has 7 heteroatoms. The van der Waals surface area contributed by atoms with Crippen LogP contribution in [0.2, 0.25) is 10.0 Å². The Balaban J connectivity index is 2.24. The molecule has 4 nitrogen and oxygen atoms in total. The first-order valence-corrected chi connectivity index (χ1v) is 8.92. The number of halogens is 2. The van der Waals surface area contributed by atoms with Crippen LogP contribution in [-0.4, -0.2) is 22.4 Å². The summed E-state index contributed by atoms with van der Waals surface area (Å²) in [4.78, 5) is 13.2. The number of hydrogen-bond donors (Lipinski definition) is 0. The Labute approximate surface area is 153 Å². The number of aromatic nitrogens is 2. The predicted octanol–water partition coefficient (Wildman–Crippen LogP) is 5.39. The van der Waals surface area contributed by atoms with Crippen LogP contribution in [-0.2, 0) is 4.74 Å². The highest BCUT2D eigenvalue weighted by Gasteiger charge is 2.24. The molecule has 0 aliphatic carbocycles. The number of carbonyl (C=O) groups excluding carboxylic acids is 1. The van der Waals surface area contributed by atoms with Gasteiger partial charge in [0, 0.05) is 10.6 Å². The summed E-state index contributed by atoms with van der Waals surface area (Å²) in [6, 6.07) is 9.09. The van der Waals surface area contributed by atoms with Crippen LogP contribution < -0.4 is 0 Å². The van der Waals surface area contributed by atoms with Crippen LogP contribution in [0.5, 0.6) is 0 Å². The molecule has 124 valence electrons. The molecule has 2 heterocycles. The lowest BCUT2D eigenvalue weighted by Gasteiger charge is -2.09. The maximum Gasteiger partial charge on any atom is 0.359 e. The monoisotopic (exact) mass is 380 g/mol. The second-order valence-electron chi connectivity index (χ2n) is 5.03. The van der Waals surface area contributed by atoms with Gasteiger partial charge in [0.2, 0.25) is 0 Å². The zero-order valence-electron chi connectivity index (χ0n) is 13.0. The summed E-state index contributed by atoms with van der Waals surface area (Å²) in [6.45, 7) is 3.91. The SMILES string of the molecule is CCOC(=O)c1nn(-c2ccc(Cl)cc2Cl)c(-c2cccs2)c1C. The molecule has 0 radical (unpaired) electrons. The molecule has 3 rings (SSSR count). The molecule has 0 saturated carbocycles. The first-order valence-electron chi connectivity index (χ1n) is 7.29. The van der Waals surface area contributed by atoms with E-state index in [2.05, 4.69) is 5.10 Å². The third-order valence-corrected chi connectivity index (χ3v) is 4.90. The Kier molecular flexibility index (Phi) is 4.94. The lowest BCUT2D eigenvalue weighted by Crippen LogP contribution is -2.07. The molecule has 0 spiro atoms. The largest absolute Gasteiger partial charge is 0.461 e. The second kappa shape index (κ2) is 6.97. The summed E-state index contributed by atoms with van der Waals surface area (Å²) in [5.74, 6) is -0.448. The van der Waals surface area contributed by atoms with Gasteiger partial charge in [-0.15, -0.1) is 11.3 Å². The Morgan fingerprint density at radius 3 is 2.75 bits per heavy atom. The Morgan fingerprint density at radius 1 is 1.33 bits per heavy atom. The van der Waals surface area contributed by atoms with Crippen LogP contribution in [0.4, 0.5) is 0 Å². The normalized spacial score (nSPS) is 10.8. The van der Waals surface area contributed by atoms with E-state index >= 15 is 0 Å². The highest BCUT2D eigenvalue weighted by atomic mass is 35.5. The molecule has 0 atom stereocenters. The molecule has 0 aliphatic rings. The standard InChI is InChI=1S/C17H14Cl2N2O2S/c1-3-23-17(22)15-10(2)16(14-5-4-8-24-14)21(20-15)13-7-6-11(18)9-12(13)19/h4-9H,3H2,1-2H3. The number of ether oxygens (including phenoxy) is 1. The van der Waals surface area contributed by atoms with Crippen molar-refractivity contribution in [2.75, 3.05) is 6.61 Å². The quantitative estimate of drug-likeness (QED) is 0.569. The number of benzene rings is 1. The van der Waals surface area contributed by atoms with Crippen molar-refractivity contribution in [3.8, 4) is 16.3 Å². The van der Waals surface area contributed by atoms with Gasteiger partial charge in [-0.2, -0.15) is 5.10 Å². The Hall–Kier alpha value is -1.82. The molecular formula is C17H14Cl2N2O2S. The molecule has 0 aliphatic heterocycles. The maximum atomic E-state index is 12.2. The topological polar surface area (TPSA) is 44.1 Å². The van der Waals surface area contributed by atoms with Crippen molar-refractivity contribution >= 4 is 40.5 Å². The van der Waals surface area contributed by atoms with E-state index in [1.54, 1.807) is 41.1 Å². The van der Waals surface area contributed by atoms with Crippen LogP contribution in [0.3, 0.4) is 0 Å². The van der Waals surface area contributed by atoms with Gasteiger partial charge in [-0.05, 0) is 43.5 Å². The first kappa shape index (κ1) is 17.0. The van der Waals surface area contributed by atoms with Gasteiger partial charge in [-0.25, -0.2) is 9.48 Å². The highest BCUT2D eigenvalue weighted by Crippen LogP contribution is 2.34. The maximum absolute atomic E-state index is 12.2. The molecule has 24 heavy (non-hydrogen) atoms. The minimum absolute atomic E-state index is 0.284. The summed E-state index contributed by atoms with van der Waals surface area (Å²) in [6.07, 6.45) is 0. The van der Waals surface area contributed by atoms with Gasteiger partial charge in [-0.3, -0.25) is 0 Å². The van der Waals surface area contributed by atoms with E-state index in [1.165, 1.54) is 0 Å². The lowest BCUT2D eigenvalue weighted by atomic mass is 10.1. The highest BCUT2D eigenvalue weighted by molar-refractivity contribution is 7.13. The van der Waals surface area contributed by atoms with Crippen LogP contribution >= 0.6 is 34.5 Å². The van der Waals surface area contributed by atoms with Crippen molar-refractivity contribution in [2.24, 2.45) is 0 Å². The molecule has 0 fully saturated rings. The molecule has 2 aromatic heterocycles.